The minimum absolute atomic E-state index is 0.275. The molecule has 22 heavy (non-hydrogen) atoms. The number of carbonyl (C=O) groups is 2. The summed E-state index contributed by atoms with van der Waals surface area (Å²) in [7, 11) is 0. The lowest BCUT2D eigenvalue weighted by Gasteiger charge is -2.15. The van der Waals surface area contributed by atoms with Crippen molar-refractivity contribution >= 4 is 33.5 Å². The Morgan fingerprint density at radius 2 is 0.955 bits per heavy atom. The second kappa shape index (κ2) is 5.48. The smallest absolute Gasteiger partial charge is 0.308 e. The fraction of sp³-hybridized carbons (Fsp3) is 0.111. The first-order valence-corrected chi connectivity index (χ1v) is 6.88. The summed E-state index contributed by atoms with van der Waals surface area (Å²) in [5.74, 6) is -0.378. The molecule has 0 aromatic heterocycles. The normalized spacial score (nSPS) is 10.6. The van der Waals surface area contributed by atoms with E-state index in [4.69, 9.17) is 9.47 Å². The number of rotatable bonds is 2. The first-order valence-electron chi connectivity index (χ1n) is 6.88. The summed E-state index contributed by atoms with van der Waals surface area (Å²) in [4.78, 5) is 22.9. The fourth-order valence-corrected chi connectivity index (χ4v) is 2.57. The van der Waals surface area contributed by atoms with Crippen LogP contribution >= 0.6 is 0 Å². The predicted molar refractivity (Wildman–Crippen MR) is 84.1 cm³/mol. The van der Waals surface area contributed by atoms with Gasteiger partial charge in [0.2, 0.25) is 0 Å². The number of carbonyl (C=O) groups excluding carboxylic acids is 2. The molecule has 0 aliphatic heterocycles. The molecule has 0 heterocycles. The largest absolute Gasteiger partial charge is 0.422 e. The molecular weight excluding hydrogens is 280 g/mol. The quantitative estimate of drug-likeness (QED) is 0.409. The third-order valence-electron chi connectivity index (χ3n) is 3.33. The van der Waals surface area contributed by atoms with Crippen molar-refractivity contribution < 1.29 is 19.1 Å². The van der Waals surface area contributed by atoms with Crippen molar-refractivity contribution in [2.45, 2.75) is 13.8 Å². The van der Waals surface area contributed by atoms with Gasteiger partial charge in [-0.05, 0) is 10.8 Å². The Hall–Kier alpha value is -2.88. The monoisotopic (exact) mass is 294 g/mol. The van der Waals surface area contributed by atoms with E-state index in [1.807, 2.05) is 48.5 Å². The highest BCUT2D eigenvalue weighted by molar-refractivity contribution is 6.14. The lowest BCUT2D eigenvalue weighted by molar-refractivity contribution is -0.134. The average Bonchev–Trinajstić information content (AvgIpc) is 2.50. The molecule has 3 aromatic rings. The Morgan fingerprint density at radius 3 is 1.27 bits per heavy atom. The molecular formula is C18H14O4. The molecule has 3 aromatic carbocycles. The van der Waals surface area contributed by atoms with Gasteiger partial charge < -0.3 is 9.47 Å². The highest BCUT2D eigenvalue weighted by atomic mass is 16.6. The summed E-state index contributed by atoms with van der Waals surface area (Å²) >= 11 is 0. The van der Waals surface area contributed by atoms with Gasteiger partial charge in [0.25, 0.3) is 0 Å². The summed E-state index contributed by atoms with van der Waals surface area (Å²) in [5.41, 5.74) is 0. The van der Waals surface area contributed by atoms with E-state index < -0.39 is 11.9 Å². The van der Waals surface area contributed by atoms with Crippen molar-refractivity contribution in [3.63, 3.8) is 0 Å². The molecule has 0 saturated heterocycles. The second-order valence-corrected chi connectivity index (χ2v) is 4.94. The van der Waals surface area contributed by atoms with Crippen LogP contribution in [0.1, 0.15) is 13.8 Å². The van der Waals surface area contributed by atoms with Gasteiger partial charge in [0.15, 0.2) is 11.5 Å². The van der Waals surface area contributed by atoms with Crippen LogP contribution < -0.4 is 9.47 Å². The zero-order chi connectivity index (χ0) is 15.7. The van der Waals surface area contributed by atoms with Crippen LogP contribution in [0.5, 0.6) is 11.5 Å². The number of hydrogen-bond donors (Lipinski definition) is 0. The minimum atomic E-state index is -0.464. The SMILES string of the molecule is CC(=O)Oc1c(OC(C)=O)c2ccccc2c2ccccc12. The topological polar surface area (TPSA) is 52.6 Å². The fourth-order valence-electron chi connectivity index (χ4n) is 2.57. The average molecular weight is 294 g/mol. The zero-order valence-corrected chi connectivity index (χ0v) is 12.3. The summed E-state index contributed by atoms with van der Waals surface area (Å²) in [6, 6.07) is 15.1. The maximum atomic E-state index is 11.5. The molecule has 0 N–H and O–H groups in total. The molecule has 0 unspecified atom stereocenters. The van der Waals surface area contributed by atoms with Gasteiger partial charge in [0, 0.05) is 24.6 Å². The van der Waals surface area contributed by atoms with Crippen LogP contribution in [-0.4, -0.2) is 11.9 Å². The van der Waals surface area contributed by atoms with Crippen molar-refractivity contribution in [2.75, 3.05) is 0 Å². The number of esters is 2. The second-order valence-electron chi connectivity index (χ2n) is 4.94. The third-order valence-corrected chi connectivity index (χ3v) is 3.33. The van der Waals surface area contributed by atoms with Gasteiger partial charge in [-0.2, -0.15) is 0 Å². The van der Waals surface area contributed by atoms with Gasteiger partial charge in [-0.3, -0.25) is 9.59 Å². The molecule has 0 radical (unpaired) electrons. The molecule has 0 fully saturated rings. The molecule has 4 nitrogen and oxygen atoms in total. The molecule has 110 valence electrons. The maximum Gasteiger partial charge on any atom is 0.308 e. The molecule has 0 aliphatic rings. The van der Waals surface area contributed by atoms with Gasteiger partial charge >= 0.3 is 11.9 Å². The van der Waals surface area contributed by atoms with Crippen LogP contribution in [0.2, 0.25) is 0 Å². The van der Waals surface area contributed by atoms with E-state index in [-0.39, 0.29) is 11.5 Å². The summed E-state index contributed by atoms with van der Waals surface area (Å²) in [6.07, 6.45) is 0. The van der Waals surface area contributed by atoms with Crippen molar-refractivity contribution in [3.05, 3.63) is 48.5 Å². The lowest BCUT2D eigenvalue weighted by Crippen LogP contribution is -2.08. The predicted octanol–water partition coefficient (Wildman–Crippen LogP) is 3.84. The molecule has 0 atom stereocenters. The number of hydrogen-bond acceptors (Lipinski definition) is 4. The summed E-state index contributed by atoms with van der Waals surface area (Å²) < 4.78 is 10.7. The van der Waals surface area contributed by atoms with Gasteiger partial charge in [0.1, 0.15) is 0 Å². The van der Waals surface area contributed by atoms with E-state index in [0.717, 1.165) is 21.5 Å². The molecule has 0 bridgehead atoms. The lowest BCUT2D eigenvalue weighted by atomic mass is 10.00. The highest BCUT2D eigenvalue weighted by Gasteiger charge is 2.19. The molecule has 0 aliphatic carbocycles. The van der Waals surface area contributed by atoms with Gasteiger partial charge in [0.05, 0.1) is 0 Å². The number of ether oxygens (including phenoxy) is 2. The van der Waals surface area contributed by atoms with Crippen LogP contribution in [0.25, 0.3) is 21.5 Å². The van der Waals surface area contributed by atoms with E-state index in [1.54, 1.807) is 0 Å². The Labute approximate surface area is 127 Å². The minimum Gasteiger partial charge on any atom is -0.422 e. The van der Waals surface area contributed by atoms with Gasteiger partial charge in [-0.15, -0.1) is 0 Å². The van der Waals surface area contributed by atoms with E-state index >= 15 is 0 Å². The Kier molecular flexibility index (Phi) is 3.51. The number of benzene rings is 3. The van der Waals surface area contributed by atoms with E-state index in [0.29, 0.717) is 0 Å². The van der Waals surface area contributed by atoms with Crippen LogP contribution in [0.15, 0.2) is 48.5 Å². The van der Waals surface area contributed by atoms with Crippen LogP contribution in [0, 0.1) is 0 Å². The van der Waals surface area contributed by atoms with Crippen molar-refractivity contribution in [3.8, 4) is 11.5 Å². The molecule has 4 heteroatoms. The van der Waals surface area contributed by atoms with E-state index in [1.165, 1.54) is 13.8 Å². The zero-order valence-electron chi connectivity index (χ0n) is 12.3. The summed E-state index contributed by atoms with van der Waals surface area (Å²) in [6.45, 7) is 2.64. The first kappa shape index (κ1) is 14.1. The maximum absolute atomic E-state index is 11.5. The van der Waals surface area contributed by atoms with Gasteiger partial charge in [-0.1, -0.05) is 48.5 Å². The molecule has 0 saturated carbocycles. The number of fused-ring (bicyclic) bond motifs is 3. The van der Waals surface area contributed by atoms with Crippen molar-refractivity contribution in [1.29, 1.82) is 0 Å². The highest BCUT2D eigenvalue weighted by Crippen LogP contribution is 2.43. The van der Waals surface area contributed by atoms with E-state index in [9.17, 15) is 9.59 Å². The molecule has 3 rings (SSSR count). The standard InChI is InChI=1S/C18H14O4/c1-11(19)21-17-15-9-5-3-7-13(15)14-8-4-6-10-16(14)18(17)22-12(2)20/h3-10H,1-2H3. The van der Waals surface area contributed by atoms with Gasteiger partial charge in [-0.25, -0.2) is 0 Å². The molecule has 0 spiro atoms. The van der Waals surface area contributed by atoms with E-state index in [2.05, 4.69) is 0 Å². The Morgan fingerprint density at radius 1 is 0.636 bits per heavy atom. The summed E-state index contributed by atoms with van der Waals surface area (Å²) in [5, 5.41) is 3.33. The first-order chi connectivity index (χ1) is 10.6. The van der Waals surface area contributed by atoms with Crippen molar-refractivity contribution in [1.82, 2.24) is 0 Å². The Bertz CT molecular complexity index is 821. The molecule has 0 amide bonds. The van der Waals surface area contributed by atoms with Crippen LogP contribution in [0.3, 0.4) is 0 Å². The van der Waals surface area contributed by atoms with Crippen molar-refractivity contribution in [2.24, 2.45) is 0 Å². The third kappa shape index (κ3) is 2.39. The van der Waals surface area contributed by atoms with Crippen LogP contribution in [-0.2, 0) is 9.59 Å². The van der Waals surface area contributed by atoms with Crippen LogP contribution in [0.4, 0.5) is 0 Å². The Balaban J connectivity index is 2.48.